The van der Waals surface area contributed by atoms with Gasteiger partial charge >= 0.3 is 13.8 Å². The lowest BCUT2D eigenvalue weighted by Crippen LogP contribution is -2.69. The minimum absolute atomic E-state index is 0.753. The van der Waals surface area contributed by atoms with Crippen LogP contribution in [0.1, 0.15) is 20.3 Å². The third-order valence-electron chi connectivity index (χ3n) is 8.10. The van der Waals surface area contributed by atoms with E-state index in [2.05, 4.69) is 15.2 Å². The average molecular weight is 755 g/mol. The number of nitrogens with one attached hydrogen (secondary N) is 2. The van der Waals surface area contributed by atoms with Crippen molar-refractivity contribution >= 4 is 25.6 Å². The highest BCUT2D eigenvalue weighted by Gasteiger charge is 2.57. The van der Waals surface area contributed by atoms with Crippen LogP contribution in [0.25, 0.3) is 0 Å². The van der Waals surface area contributed by atoms with Crippen molar-refractivity contribution in [2.75, 3.05) is 19.8 Å². The zero-order chi connectivity index (χ0) is 37.9. The number of carbonyl (C=O) groups excluding carboxylic acids is 2. The van der Waals surface area contributed by atoms with Crippen LogP contribution in [0, 0.1) is 0 Å². The molecule has 0 bridgehead atoms. The van der Waals surface area contributed by atoms with Gasteiger partial charge in [-0.15, -0.1) is 0 Å². The van der Waals surface area contributed by atoms with Crippen molar-refractivity contribution in [3.63, 3.8) is 0 Å². The van der Waals surface area contributed by atoms with E-state index in [1.165, 1.54) is 0 Å². The van der Waals surface area contributed by atoms with Gasteiger partial charge in [-0.2, -0.15) is 0 Å². The SMILES string of the molecule is CC(=O)N[C@@H]1[C@@H](O)[C@H](O[C@@H]2O[C@H](CO[C@]3(C(=O)O)C[C@H](O)[C@@H](NC(C)=O)[C@H]([C@H](O)[C@H](O)CO)O3)[C@H](O)[C@H](O)[C@H]2O)[C@@H](COP(=O)(O)O)O[C@H]1O. The van der Waals surface area contributed by atoms with Crippen LogP contribution in [-0.4, -0.2) is 196 Å². The van der Waals surface area contributed by atoms with Crippen LogP contribution in [-0.2, 0) is 47.2 Å². The Bertz CT molecular complexity index is 1230. The Balaban J connectivity index is 1.87. The van der Waals surface area contributed by atoms with Crippen molar-refractivity contribution in [2.45, 2.75) is 118 Å². The molecule has 24 nitrogen and oxygen atoms in total. The molecular weight excluding hydrogens is 711 g/mol. The maximum atomic E-state index is 12.5. The molecule has 50 heavy (non-hydrogen) atoms. The van der Waals surface area contributed by atoms with Gasteiger partial charge in [0.05, 0.1) is 32.0 Å². The molecule has 0 aromatic rings. The van der Waals surface area contributed by atoms with E-state index >= 15 is 0 Å². The van der Waals surface area contributed by atoms with Crippen LogP contribution in [0.5, 0.6) is 0 Å². The van der Waals surface area contributed by atoms with Gasteiger partial charge in [0.15, 0.2) is 12.6 Å². The molecule has 0 spiro atoms. The van der Waals surface area contributed by atoms with Gasteiger partial charge in [0.1, 0.15) is 67.1 Å². The second-order valence-corrected chi connectivity index (χ2v) is 13.1. The van der Waals surface area contributed by atoms with Crippen LogP contribution in [0.2, 0.25) is 0 Å². The van der Waals surface area contributed by atoms with Crippen molar-refractivity contribution in [3.05, 3.63) is 0 Å². The average Bonchev–Trinajstić information content (AvgIpc) is 3.02. The van der Waals surface area contributed by atoms with E-state index in [1.54, 1.807) is 0 Å². The van der Waals surface area contributed by atoms with Gasteiger partial charge in [-0.25, -0.2) is 9.36 Å². The summed E-state index contributed by atoms with van der Waals surface area (Å²) in [5.74, 6) is -6.35. The van der Waals surface area contributed by atoms with Crippen LogP contribution in [0.3, 0.4) is 0 Å². The number of carbonyl (C=O) groups is 3. The lowest BCUT2D eigenvalue weighted by molar-refractivity contribution is -0.358. The minimum atomic E-state index is -5.17. The number of aliphatic carboxylic acids is 1. The van der Waals surface area contributed by atoms with E-state index in [0.29, 0.717) is 0 Å². The van der Waals surface area contributed by atoms with Crippen LogP contribution in [0.4, 0.5) is 0 Å². The summed E-state index contributed by atoms with van der Waals surface area (Å²) in [6, 6.07) is -3.16. The van der Waals surface area contributed by atoms with Crippen molar-refractivity contribution in [1.29, 1.82) is 0 Å². The quantitative estimate of drug-likeness (QED) is 0.0732. The number of aliphatic hydroxyl groups excluding tert-OH is 9. The summed E-state index contributed by atoms with van der Waals surface area (Å²) in [6.07, 6.45) is -26.6. The van der Waals surface area contributed by atoms with Gasteiger partial charge in [0.2, 0.25) is 11.8 Å². The normalized spacial score (nSPS) is 40.8. The number of hydrogen-bond donors (Lipinski definition) is 14. The molecule has 0 aromatic heterocycles. The van der Waals surface area contributed by atoms with Crippen molar-refractivity contribution in [2.24, 2.45) is 0 Å². The third-order valence-corrected chi connectivity index (χ3v) is 8.58. The smallest absolute Gasteiger partial charge is 0.469 e. The largest absolute Gasteiger partial charge is 0.477 e. The van der Waals surface area contributed by atoms with Crippen LogP contribution >= 0.6 is 7.82 Å². The van der Waals surface area contributed by atoms with Crippen molar-refractivity contribution < 1.29 is 108 Å². The number of amides is 2. The number of phosphoric ester groups is 1. The molecule has 0 aromatic carbocycles. The fourth-order valence-corrected chi connectivity index (χ4v) is 5.95. The Morgan fingerprint density at radius 3 is 2.02 bits per heavy atom. The highest BCUT2D eigenvalue weighted by atomic mass is 31.2. The van der Waals surface area contributed by atoms with E-state index in [4.69, 9.17) is 33.5 Å². The van der Waals surface area contributed by atoms with E-state index < -0.39 is 149 Å². The molecule has 3 saturated heterocycles. The molecule has 0 saturated carbocycles. The fraction of sp³-hybridized carbons (Fsp3) is 0.880. The molecule has 0 unspecified atom stereocenters. The van der Waals surface area contributed by atoms with Crippen LogP contribution in [0.15, 0.2) is 0 Å². The van der Waals surface area contributed by atoms with Gasteiger partial charge < -0.3 is 95.2 Å². The number of rotatable bonds is 14. The molecule has 3 fully saturated rings. The molecule has 3 rings (SSSR count). The Morgan fingerprint density at radius 2 is 1.48 bits per heavy atom. The molecular formula is C25H43N2O22P. The zero-order valence-electron chi connectivity index (χ0n) is 26.4. The lowest BCUT2D eigenvalue weighted by atomic mass is 9.88. The number of carboxylic acid groups (broad SMARTS) is 1. The van der Waals surface area contributed by atoms with E-state index in [1.807, 2.05) is 0 Å². The number of hydrogen-bond acceptors (Lipinski definition) is 19. The van der Waals surface area contributed by atoms with Crippen molar-refractivity contribution in [3.8, 4) is 0 Å². The Labute approximate surface area is 282 Å². The molecule has 16 atom stereocenters. The van der Waals surface area contributed by atoms with E-state index in [0.717, 1.165) is 13.8 Å². The predicted molar refractivity (Wildman–Crippen MR) is 153 cm³/mol. The number of carboxylic acids is 1. The molecule has 0 aliphatic carbocycles. The monoisotopic (exact) mass is 754 g/mol. The third kappa shape index (κ3) is 10.1. The molecule has 0 radical (unpaired) electrons. The highest BCUT2D eigenvalue weighted by Crippen LogP contribution is 2.38. The number of phosphoric acid groups is 1. The van der Waals surface area contributed by atoms with E-state index in [9.17, 15) is 70.0 Å². The maximum absolute atomic E-state index is 12.5. The first-order chi connectivity index (χ1) is 23.1. The lowest BCUT2D eigenvalue weighted by Gasteiger charge is -2.48. The fourth-order valence-electron chi connectivity index (χ4n) is 5.61. The summed E-state index contributed by atoms with van der Waals surface area (Å²) in [5, 5.41) is 108. The summed E-state index contributed by atoms with van der Waals surface area (Å²) in [6.45, 7) is -1.10. The molecule has 3 heterocycles. The van der Waals surface area contributed by atoms with Gasteiger partial charge in [0.25, 0.3) is 5.79 Å². The minimum Gasteiger partial charge on any atom is -0.477 e. The second-order valence-electron chi connectivity index (χ2n) is 11.9. The maximum Gasteiger partial charge on any atom is 0.469 e. The Hall–Kier alpha value is -2.04. The van der Waals surface area contributed by atoms with Gasteiger partial charge in [-0.3, -0.25) is 14.1 Å². The Kier molecular flexibility index (Phi) is 14.6. The summed E-state index contributed by atoms with van der Waals surface area (Å²) in [4.78, 5) is 54.1. The summed E-state index contributed by atoms with van der Waals surface area (Å²) in [7, 11) is -5.17. The first kappa shape index (κ1) is 42.4. The molecule has 3 aliphatic rings. The predicted octanol–water partition coefficient (Wildman–Crippen LogP) is -7.96. The second kappa shape index (κ2) is 17.2. The summed E-state index contributed by atoms with van der Waals surface area (Å²) in [5.41, 5.74) is 0. The van der Waals surface area contributed by atoms with Gasteiger partial charge in [-0.1, -0.05) is 0 Å². The topological polar surface area (TPSA) is 390 Å². The summed E-state index contributed by atoms with van der Waals surface area (Å²) < 4.78 is 42.9. The standard InChI is InChI=1S/C25H43N2O22P/c1-7(29)26-13-9(31)3-25(24(39)40,49-21(13)15(33)10(32)4-28)44-5-11-16(34)18(36)19(37)23(47-11)48-20-12(6-45-50(41,42)43)46-22(38)14(17(20)35)27-8(2)30/h9-23,28,31-38H,3-6H2,1-2H3,(H,26,29)(H,27,30)(H,39,40)(H2,41,42,43)/t9-,10+,11+,12+,13+,14+,15+,16-,17+,18-,19+,20+,21+,22+,23-,25+/m0/s1. The Morgan fingerprint density at radius 1 is 0.880 bits per heavy atom. The van der Waals surface area contributed by atoms with Crippen molar-refractivity contribution in [1.82, 2.24) is 10.6 Å². The van der Waals surface area contributed by atoms with Gasteiger partial charge in [-0.05, 0) is 0 Å². The zero-order valence-corrected chi connectivity index (χ0v) is 27.3. The first-order valence-electron chi connectivity index (χ1n) is 14.9. The molecule has 14 N–H and O–H groups in total. The number of aliphatic hydroxyl groups is 9. The summed E-state index contributed by atoms with van der Waals surface area (Å²) >= 11 is 0. The molecule has 290 valence electrons. The van der Waals surface area contributed by atoms with Gasteiger partial charge in [0, 0.05) is 20.3 Å². The first-order valence-corrected chi connectivity index (χ1v) is 16.5. The number of ether oxygens (including phenoxy) is 5. The highest BCUT2D eigenvalue weighted by molar-refractivity contribution is 7.46. The van der Waals surface area contributed by atoms with E-state index in [-0.39, 0.29) is 0 Å². The molecule has 25 heteroatoms. The molecule has 2 amide bonds. The molecule has 3 aliphatic heterocycles. The van der Waals surface area contributed by atoms with Crippen LogP contribution < -0.4 is 10.6 Å².